The molecule has 0 aromatic heterocycles. The number of thiocarbonyl (C=S) groups is 1. The highest BCUT2D eigenvalue weighted by molar-refractivity contribution is 7.80. The fourth-order valence-corrected chi connectivity index (χ4v) is 3.52. The van der Waals surface area contributed by atoms with Crippen molar-refractivity contribution in [3.8, 4) is 5.75 Å². The second-order valence-corrected chi connectivity index (χ2v) is 6.85. The van der Waals surface area contributed by atoms with E-state index in [-0.39, 0.29) is 18.8 Å². The number of esters is 1. The normalized spacial score (nSPS) is 18.6. The lowest BCUT2D eigenvalue weighted by Gasteiger charge is -2.24. The summed E-state index contributed by atoms with van der Waals surface area (Å²) >= 11 is 5.45. The Morgan fingerprint density at radius 3 is 2.79 bits per heavy atom. The van der Waals surface area contributed by atoms with E-state index in [9.17, 15) is 9.18 Å². The number of fused-ring (bicyclic) bond motifs is 1. The quantitative estimate of drug-likeness (QED) is 0.593. The number of carbonyl (C=O) groups is 1. The monoisotopic (exact) mass is 403 g/mol. The van der Waals surface area contributed by atoms with Gasteiger partial charge >= 0.3 is 5.97 Å². The summed E-state index contributed by atoms with van der Waals surface area (Å²) in [6.45, 7) is 3.92. The number of nitrogens with one attached hydrogen (secondary N) is 1. The number of hydrogen-bond donors (Lipinski definition) is 1. The van der Waals surface area contributed by atoms with Gasteiger partial charge in [-0.05, 0) is 49.2 Å². The molecule has 0 aliphatic carbocycles. The molecular weight excluding hydrogens is 381 g/mol. The molecule has 7 heteroatoms. The van der Waals surface area contributed by atoms with E-state index < -0.39 is 18.2 Å². The van der Waals surface area contributed by atoms with Gasteiger partial charge in [0, 0.05) is 11.3 Å². The fraction of sp³-hybridized carbons (Fsp3) is 0.333. The summed E-state index contributed by atoms with van der Waals surface area (Å²) < 4.78 is 30.8. The number of benzene rings is 2. The van der Waals surface area contributed by atoms with Gasteiger partial charge in [-0.2, -0.15) is 0 Å². The van der Waals surface area contributed by atoms with Crippen LogP contribution in [0.4, 0.5) is 10.1 Å². The van der Waals surface area contributed by atoms with Crippen LogP contribution >= 0.6 is 12.2 Å². The molecule has 1 N–H and O–H groups in total. The Morgan fingerprint density at radius 2 is 2.07 bits per heavy atom. The van der Waals surface area contributed by atoms with Gasteiger partial charge in [0.15, 0.2) is 0 Å². The van der Waals surface area contributed by atoms with E-state index in [0.717, 1.165) is 11.1 Å². The van der Waals surface area contributed by atoms with Crippen molar-refractivity contribution in [2.75, 3.05) is 19.0 Å². The SMILES string of the molecule is CCOC(=O)C[C@H]1O[C@H](c2cccc(OC)c2C)c2cc(F)ccc2NC1=S. The molecule has 148 valence electrons. The van der Waals surface area contributed by atoms with Crippen LogP contribution in [0.2, 0.25) is 0 Å². The molecule has 3 rings (SSSR count). The largest absolute Gasteiger partial charge is 0.496 e. The molecule has 1 heterocycles. The average Bonchev–Trinajstić information content (AvgIpc) is 2.79. The van der Waals surface area contributed by atoms with Gasteiger partial charge in [0.1, 0.15) is 28.8 Å². The predicted octanol–water partition coefficient (Wildman–Crippen LogP) is 4.32. The molecule has 0 bridgehead atoms. The zero-order valence-corrected chi connectivity index (χ0v) is 16.8. The molecule has 0 fully saturated rings. The second kappa shape index (κ2) is 8.67. The lowest BCUT2D eigenvalue weighted by molar-refractivity contribution is -0.145. The molecule has 0 amide bonds. The van der Waals surface area contributed by atoms with Gasteiger partial charge in [-0.3, -0.25) is 4.79 Å². The maximum absolute atomic E-state index is 14.1. The van der Waals surface area contributed by atoms with E-state index in [1.54, 1.807) is 20.1 Å². The summed E-state index contributed by atoms with van der Waals surface area (Å²) in [4.78, 5) is 12.4. The zero-order chi connectivity index (χ0) is 20.3. The molecule has 0 unspecified atom stereocenters. The first-order valence-electron chi connectivity index (χ1n) is 8.99. The number of ether oxygens (including phenoxy) is 3. The summed E-state index contributed by atoms with van der Waals surface area (Å²) in [6.07, 6.45) is -1.37. The average molecular weight is 403 g/mol. The van der Waals surface area contributed by atoms with Crippen molar-refractivity contribution in [3.63, 3.8) is 0 Å². The smallest absolute Gasteiger partial charge is 0.308 e. The molecule has 0 radical (unpaired) electrons. The maximum Gasteiger partial charge on any atom is 0.308 e. The van der Waals surface area contributed by atoms with E-state index in [1.165, 1.54) is 12.1 Å². The standard InChI is InChI=1S/C21H22FNO4S/c1-4-26-19(24)11-18-21(28)23-16-9-8-13(22)10-15(16)20(27-18)14-6-5-7-17(25-3)12(14)2/h5-10,18,20H,4,11H2,1-3H3,(H,23,28)/t18-,20-/m1/s1. The number of halogens is 1. The van der Waals surface area contributed by atoms with Crippen molar-refractivity contribution in [2.45, 2.75) is 32.5 Å². The number of carbonyl (C=O) groups excluding carboxylic acids is 1. The Bertz CT molecular complexity index is 902. The highest BCUT2D eigenvalue weighted by Crippen LogP contribution is 2.39. The van der Waals surface area contributed by atoms with Gasteiger partial charge in [-0.25, -0.2) is 4.39 Å². The highest BCUT2D eigenvalue weighted by atomic mass is 32.1. The van der Waals surface area contributed by atoms with Crippen LogP contribution < -0.4 is 10.1 Å². The third-order valence-corrected chi connectivity index (χ3v) is 5.00. The van der Waals surface area contributed by atoms with Crippen molar-refractivity contribution >= 4 is 28.9 Å². The fourth-order valence-electron chi connectivity index (χ4n) is 3.27. The van der Waals surface area contributed by atoms with Gasteiger partial charge in [-0.1, -0.05) is 24.4 Å². The Balaban J connectivity index is 2.08. The van der Waals surface area contributed by atoms with Crippen molar-refractivity contribution in [2.24, 2.45) is 0 Å². The number of rotatable bonds is 5. The van der Waals surface area contributed by atoms with Crippen LogP contribution in [-0.2, 0) is 14.3 Å². The van der Waals surface area contributed by atoms with Crippen LogP contribution in [0.25, 0.3) is 0 Å². The third-order valence-electron chi connectivity index (χ3n) is 4.63. The number of hydrogen-bond acceptors (Lipinski definition) is 5. The Labute approximate surface area is 168 Å². The van der Waals surface area contributed by atoms with Gasteiger partial charge in [-0.15, -0.1) is 0 Å². The number of methoxy groups -OCH3 is 1. The van der Waals surface area contributed by atoms with Gasteiger partial charge in [0.2, 0.25) is 0 Å². The minimum atomic E-state index is -0.708. The van der Waals surface area contributed by atoms with Gasteiger partial charge < -0.3 is 19.5 Å². The minimum Gasteiger partial charge on any atom is -0.496 e. The Morgan fingerprint density at radius 1 is 1.29 bits per heavy atom. The van der Waals surface area contributed by atoms with E-state index in [4.69, 9.17) is 26.4 Å². The Kier molecular flexibility index (Phi) is 6.26. The molecule has 0 saturated carbocycles. The first-order chi connectivity index (χ1) is 13.4. The molecule has 0 saturated heterocycles. The van der Waals surface area contributed by atoms with Crippen LogP contribution in [-0.4, -0.2) is 30.8 Å². The molecule has 0 spiro atoms. The number of anilines is 1. The first kappa shape index (κ1) is 20.2. The van der Waals surface area contributed by atoms with Crippen molar-refractivity contribution < 1.29 is 23.4 Å². The molecular formula is C21H22FNO4S. The van der Waals surface area contributed by atoms with Crippen LogP contribution in [0.1, 0.15) is 36.1 Å². The Hall–Kier alpha value is -2.51. The summed E-state index contributed by atoms with van der Waals surface area (Å²) in [5.74, 6) is -0.0971. The van der Waals surface area contributed by atoms with Gasteiger partial charge in [0.05, 0.1) is 20.1 Å². The molecule has 5 nitrogen and oxygen atoms in total. The van der Waals surface area contributed by atoms with E-state index in [2.05, 4.69) is 5.32 Å². The summed E-state index contributed by atoms with van der Waals surface area (Å²) in [5.41, 5.74) is 2.93. The van der Waals surface area contributed by atoms with Crippen LogP contribution in [0.5, 0.6) is 5.75 Å². The molecule has 2 aromatic carbocycles. The van der Waals surface area contributed by atoms with Crippen molar-refractivity contribution in [1.82, 2.24) is 0 Å². The summed E-state index contributed by atoms with van der Waals surface area (Å²) in [7, 11) is 1.59. The van der Waals surface area contributed by atoms with E-state index >= 15 is 0 Å². The third kappa shape index (κ3) is 4.15. The lowest BCUT2D eigenvalue weighted by Crippen LogP contribution is -2.31. The minimum absolute atomic E-state index is 0.0321. The maximum atomic E-state index is 14.1. The van der Waals surface area contributed by atoms with Crippen molar-refractivity contribution in [3.05, 3.63) is 58.9 Å². The van der Waals surface area contributed by atoms with Crippen LogP contribution in [0, 0.1) is 12.7 Å². The van der Waals surface area contributed by atoms with E-state index in [1.807, 2.05) is 25.1 Å². The second-order valence-electron chi connectivity index (χ2n) is 6.41. The molecule has 28 heavy (non-hydrogen) atoms. The van der Waals surface area contributed by atoms with Gasteiger partial charge in [0.25, 0.3) is 0 Å². The van der Waals surface area contributed by atoms with Crippen molar-refractivity contribution in [1.29, 1.82) is 0 Å². The highest BCUT2D eigenvalue weighted by Gasteiger charge is 2.32. The molecule has 1 aliphatic rings. The topological polar surface area (TPSA) is 56.8 Å². The molecule has 2 atom stereocenters. The van der Waals surface area contributed by atoms with E-state index in [0.29, 0.717) is 22.0 Å². The summed E-state index contributed by atoms with van der Waals surface area (Å²) in [5, 5.41) is 3.10. The lowest BCUT2D eigenvalue weighted by atomic mass is 9.95. The first-order valence-corrected chi connectivity index (χ1v) is 9.40. The predicted molar refractivity (Wildman–Crippen MR) is 108 cm³/mol. The van der Waals surface area contributed by atoms with Crippen LogP contribution in [0.3, 0.4) is 0 Å². The summed E-state index contributed by atoms with van der Waals surface area (Å²) in [6, 6.07) is 9.99. The van der Waals surface area contributed by atoms with Crippen LogP contribution in [0.15, 0.2) is 36.4 Å². The molecule has 2 aromatic rings. The zero-order valence-electron chi connectivity index (χ0n) is 16.0. The molecule has 1 aliphatic heterocycles.